The van der Waals surface area contributed by atoms with Crippen molar-refractivity contribution in [2.45, 2.75) is 6.92 Å². The van der Waals surface area contributed by atoms with Gasteiger partial charge in [0.2, 0.25) is 5.88 Å². The van der Waals surface area contributed by atoms with Crippen LogP contribution >= 0.6 is 0 Å². The summed E-state index contributed by atoms with van der Waals surface area (Å²) in [6.07, 6.45) is 3.97. The van der Waals surface area contributed by atoms with Crippen molar-refractivity contribution in [3.63, 3.8) is 0 Å². The van der Waals surface area contributed by atoms with Crippen LogP contribution in [0.4, 0.5) is 5.82 Å². The molecule has 1 aliphatic rings. The highest BCUT2D eigenvalue weighted by Gasteiger charge is 2.23. The van der Waals surface area contributed by atoms with Crippen LogP contribution in [0.2, 0.25) is 0 Å². The minimum Gasteiger partial charge on any atom is -0.439 e. The zero-order chi connectivity index (χ0) is 22.6. The van der Waals surface area contributed by atoms with Crippen molar-refractivity contribution in [1.82, 2.24) is 19.4 Å². The van der Waals surface area contributed by atoms with Gasteiger partial charge in [-0.15, -0.1) is 0 Å². The van der Waals surface area contributed by atoms with E-state index in [2.05, 4.69) is 14.9 Å². The van der Waals surface area contributed by atoms with Gasteiger partial charge in [-0.05, 0) is 55.5 Å². The van der Waals surface area contributed by atoms with Crippen LogP contribution in [0.3, 0.4) is 0 Å². The molecule has 4 aromatic rings. The van der Waals surface area contributed by atoms with Crippen molar-refractivity contribution in [3.05, 3.63) is 96.6 Å². The van der Waals surface area contributed by atoms with E-state index in [0.29, 0.717) is 43.4 Å². The maximum absolute atomic E-state index is 13.0. The molecule has 0 spiro atoms. The molecule has 5 rings (SSSR count). The number of hydrogen-bond acceptors (Lipinski definition) is 5. The molecule has 1 fully saturated rings. The zero-order valence-corrected chi connectivity index (χ0v) is 18.5. The van der Waals surface area contributed by atoms with E-state index >= 15 is 0 Å². The first-order valence-corrected chi connectivity index (χ1v) is 11.0. The number of carbonyl (C=O) groups excluding carboxylic acids is 1. The Morgan fingerprint density at radius 3 is 2.24 bits per heavy atom. The number of para-hydroxylation sites is 1. The number of aryl methyl sites for hydroxylation is 1. The van der Waals surface area contributed by atoms with Crippen LogP contribution in [0.1, 0.15) is 16.2 Å². The Hall–Kier alpha value is -4.13. The van der Waals surface area contributed by atoms with E-state index in [1.165, 1.54) is 0 Å². The molecule has 0 radical (unpaired) electrons. The first-order valence-electron chi connectivity index (χ1n) is 11.0. The van der Waals surface area contributed by atoms with Crippen LogP contribution in [0.25, 0.3) is 5.69 Å². The quantitative estimate of drug-likeness (QED) is 0.463. The van der Waals surface area contributed by atoms with Crippen LogP contribution in [0.15, 0.2) is 85.2 Å². The van der Waals surface area contributed by atoms with Gasteiger partial charge in [-0.25, -0.2) is 4.98 Å². The molecule has 0 atom stereocenters. The van der Waals surface area contributed by atoms with Gasteiger partial charge in [0.25, 0.3) is 5.91 Å². The maximum atomic E-state index is 13.0. The molecule has 1 aliphatic heterocycles. The van der Waals surface area contributed by atoms with Gasteiger partial charge < -0.3 is 19.1 Å². The van der Waals surface area contributed by atoms with Crippen LogP contribution in [0.5, 0.6) is 11.6 Å². The molecule has 1 amide bonds. The molecule has 2 aromatic heterocycles. The fourth-order valence-electron chi connectivity index (χ4n) is 3.95. The highest BCUT2D eigenvalue weighted by atomic mass is 16.5. The molecule has 1 saturated heterocycles. The third-order valence-electron chi connectivity index (χ3n) is 5.67. The average Bonchev–Trinajstić information content (AvgIpc) is 3.39. The number of amides is 1. The third kappa shape index (κ3) is 4.72. The van der Waals surface area contributed by atoms with Gasteiger partial charge in [0.05, 0.1) is 0 Å². The molecule has 0 N–H and O–H groups in total. The maximum Gasteiger partial charge on any atom is 0.253 e. The van der Waals surface area contributed by atoms with E-state index in [0.717, 1.165) is 17.3 Å². The van der Waals surface area contributed by atoms with E-state index in [1.54, 1.807) is 0 Å². The molecule has 3 heterocycles. The highest BCUT2D eigenvalue weighted by Crippen LogP contribution is 2.24. The Labute approximate surface area is 192 Å². The zero-order valence-electron chi connectivity index (χ0n) is 18.5. The summed E-state index contributed by atoms with van der Waals surface area (Å²) in [6, 6.07) is 23.1. The molecule has 7 nitrogen and oxygen atoms in total. The number of ether oxygens (including phenoxy) is 1. The minimum atomic E-state index is 0.0562. The lowest BCUT2D eigenvalue weighted by molar-refractivity contribution is 0.0746. The minimum absolute atomic E-state index is 0.0562. The van der Waals surface area contributed by atoms with Crippen molar-refractivity contribution in [3.8, 4) is 17.3 Å². The summed E-state index contributed by atoms with van der Waals surface area (Å²) in [6.45, 7) is 4.54. The van der Waals surface area contributed by atoms with Crippen molar-refractivity contribution in [2.24, 2.45) is 0 Å². The van der Waals surface area contributed by atoms with E-state index in [1.807, 2.05) is 102 Å². The summed E-state index contributed by atoms with van der Waals surface area (Å²) in [5, 5.41) is 0. The monoisotopic (exact) mass is 439 g/mol. The van der Waals surface area contributed by atoms with Crippen molar-refractivity contribution < 1.29 is 9.53 Å². The molecule has 0 saturated carbocycles. The number of rotatable bonds is 5. The van der Waals surface area contributed by atoms with Crippen LogP contribution in [-0.2, 0) is 0 Å². The topological polar surface area (TPSA) is 63.5 Å². The average molecular weight is 440 g/mol. The summed E-state index contributed by atoms with van der Waals surface area (Å²) in [4.78, 5) is 26.1. The Morgan fingerprint density at radius 2 is 1.55 bits per heavy atom. The number of anilines is 1. The van der Waals surface area contributed by atoms with Gasteiger partial charge in [-0.2, -0.15) is 4.98 Å². The first kappa shape index (κ1) is 20.8. The fraction of sp³-hybridized carbons (Fsp3) is 0.192. The third-order valence-corrected chi connectivity index (χ3v) is 5.67. The number of piperazine rings is 1. The van der Waals surface area contributed by atoms with E-state index in [9.17, 15) is 4.79 Å². The molecule has 33 heavy (non-hydrogen) atoms. The normalized spacial score (nSPS) is 13.7. The van der Waals surface area contributed by atoms with Crippen molar-refractivity contribution in [2.75, 3.05) is 31.1 Å². The van der Waals surface area contributed by atoms with Crippen LogP contribution < -0.4 is 9.64 Å². The van der Waals surface area contributed by atoms with Crippen LogP contribution in [-0.4, -0.2) is 51.5 Å². The number of nitrogens with zero attached hydrogens (tertiary/aromatic N) is 5. The van der Waals surface area contributed by atoms with Gasteiger partial charge in [-0.3, -0.25) is 4.79 Å². The summed E-state index contributed by atoms with van der Waals surface area (Å²) >= 11 is 0. The molecule has 166 valence electrons. The Balaban J connectivity index is 1.23. The second kappa shape index (κ2) is 9.16. The number of hydrogen-bond donors (Lipinski definition) is 0. The fourth-order valence-corrected chi connectivity index (χ4v) is 3.95. The largest absolute Gasteiger partial charge is 0.439 e. The first-order chi connectivity index (χ1) is 16.2. The molecular weight excluding hydrogens is 414 g/mol. The molecule has 0 bridgehead atoms. The summed E-state index contributed by atoms with van der Waals surface area (Å²) < 4.78 is 7.92. The Kier molecular flexibility index (Phi) is 5.76. The number of aromatic nitrogens is 3. The number of benzene rings is 2. The highest BCUT2D eigenvalue weighted by molar-refractivity contribution is 5.94. The smallest absolute Gasteiger partial charge is 0.253 e. The summed E-state index contributed by atoms with van der Waals surface area (Å²) in [7, 11) is 0. The van der Waals surface area contributed by atoms with Gasteiger partial charge in [-0.1, -0.05) is 18.2 Å². The van der Waals surface area contributed by atoms with E-state index < -0.39 is 0 Å². The summed E-state index contributed by atoms with van der Waals surface area (Å²) in [5.41, 5.74) is 1.74. The molecule has 7 heteroatoms. The lowest BCUT2D eigenvalue weighted by Gasteiger charge is -2.35. The number of carbonyl (C=O) groups is 1. The predicted octanol–water partition coefficient (Wildman–Crippen LogP) is 4.33. The SMILES string of the molecule is Cc1nc(Oc2ccccc2)cc(N2CCN(C(=O)c3ccc(-n4cccc4)cc3)CC2)n1. The van der Waals surface area contributed by atoms with Gasteiger partial charge in [0.1, 0.15) is 17.4 Å². The second-order valence-electron chi connectivity index (χ2n) is 7.94. The van der Waals surface area contributed by atoms with Gasteiger partial charge in [0, 0.05) is 55.9 Å². The Bertz CT molecular complexity index is 1220. The summed E-state index contributed by atoms with van der Waals surface area (Å²) in [5.74, 6) is 2.78. The predicted molar refractivity (Wildman–Crippen MR) is 127 cm³/mol. The Morgan fingerprint density at radius 1 is 0.848 bits per heavy atom. The standard InChI is InChI=1S/C26H25N5O2/c1-20-27-24(19-25(28-20)33-23-7-3-2-4-8-23)30-15-17-31(18-16-30)26(32)21-9-11-22(12-10-21)29-13-5-6-14-29/h2-14,19H,15-18H2,1H3. The lowest BCUT2D eigenvalue weighted by Crippen LogP contribution is -2.49. The molecule has 2 aromatic carbocycles. The van der Waals surface area contributed by atoms with Crippen LogP contribution in [0, 0.1) is 6.92 Å². The molecule has 0 unspecified atom stereocenters. The van der Waals surface area contributed by atoms with E-state index in [-0.39, 0.29) is 5.91 Å². The lowest BCUT2D eigenvalue weighted by atomic mass is 10.1. The van der Waals surface area contributed by atoms with Gasteiger partial charge >= 0.3 is 0 Å². The molecular formula is C26H25N5O2. The van der Waals surface area contributed by atoms with Gasteiger partial charge in [0.15, 0.2) is 0 Å². The van der Waals surface area contributed by atoms with E-state index in [4.69, 9.17) is 4.74 Å². The van der Waals surface area contributed by atoms with Crippen molar-refractivity contribution in [1.29, 1.82) is 0 Å². The molecule has 0 aliphatic carbocycles. The van der Waals surface area contributed by atoms with Crippen molar-refractivity contribution >= 4 is 11.7 Å². The second-order valence-corrected chi connectivity index (χ2v) is 7.94.